The van der Waals surface area contributed by atoms with E-state index in [0.29, 0.717) is 12.8 Å². The second-order valence-corrected chi connectivity index (χ2v) is 10.4. The lowest BCUT2D eigenvalue weighted by atomic mass is 9.46. The fourth-order valence-corrected chi connectivity index (χ4v) is 7.45. The highest BCUT2D eigenvalue weighted by atomic mass is 16.8. The van der Waals surface area contributed by atoms with E-state index in [4.69, 9.17) is 18.9 Å². The molecule has 0 saturated heterocycles. The van der Waals surface area contributed by atoms with Crippen LogP contribution in [-0.2, 0) is 28.5 Å². The van der Waals surface area contributed by atoms with Crippen LogP contribution in [0.3, 0.4) is 0 Å². The lowest BCUT2D eigenvalue weighted by Crippen LogP contribution is -2.63. The number of ether oxygens (including phenoxy) is 4. The third-order valence-electron chi connectivity index (χ3n) is 8.90. The summed E-state index contributed by atoms with van der Waals surface area (Å²) >= 11 is 0. The Morgan fingerprint density at radius 2 is 1.77 bits per heavy atom. The van der Waals surface area contributed by atoms with Crippen LogP contribution in [0.15, 0.2) is 23.8 Å². The Kier molecular flexibility index (Phi) is 6.59. The average molecular weight is 491 g/mol. The maximum Gasteiger partial charge on any atom is 0.516 e. The maximum atomic E-state index is 13.5. The van der Waals surface area contributed by atoms with E-state index in [-0.39, 0.29) is 49.6 Å². The molecule has 0 spiro atoms. The summed E-state index contributed by atoms with van der Waals surface area (Å²) in [5.41, 5.74) is -2.27. The summed E-state index contributed by atoms with van der Waals surface area (Å²) in [5.74, 6) is -1.30. The van der Waals surface area contributed by atoms with Crippen molar-refractivity contribution in [2.24, 2.45) is 28.6 Å². The molecule has 35 heavy (non-hydrogen) atoms. The Labute approximate surface area is 204 Å². The molecule has 9 nitrogen and oxygen atoms in total. The third kappa shape index (κ3) is 3.88. The molecule has 0 bridgehead atoms. The first-order chi connectivity index (χ1) is 16.5. The molecule has 4 rings (SSSR count). The van der Waals surface area contributed by atoms with Gasteiger partial charge in [0.25, 0.3) is 0 Å². The summed E-state index contributed by atoms with van der Waals surface area (Å²) in [6.07, 6.45) is 4.37. The minimum Gasteiger partial charge on any atom is -0.435 e. The molecule has 1 N–H and O–H groups in total. The second kappa shape index (κ2) is 9.08. The Bertz CT molecular complexity index is 983. The van der Waals surface area contributed by atoms with Gasteiger partial charge >= 0.3 is 18.3 Å². The molecule has 0 radical (unpaired) electrons. The summed E-state index contributed by atoms with van der Waals surface area (Å²) in [4.78, 5) is 50.0. The zero-order valence-electron chi connectivity index (χ0n) is 20.7. The molecule has 0 unspecified atom stereocenters. The number of esters is 1. The zero-order valence-corrected chi connectivity index (χ0v) is 20.7. The van der Waals surface area contributed by atoms with E-state index in [2.05, 4.69) is 6.92 Å². The second-order valence-electron chi connectivity index (χ2n) is 10.4. The summed E-state index contributed by atoms with van der Waals surface area (Å²) in [6, 6.07) is 0. The van der Waals surface area contributed by atoms with Gasteiger partial charge < -0.3 is 24.1 Å². The smallest absolute Gasteiger partial charge is 0.435 e. The number of hydrogen-bond donors (Lipinski definition) is 1. The summed E-state index contributed by atoms with van der Waals surface area (Å²) in [7, 11) is 0. The molecule has 7 atom stereocenters. The van der Waals surface area contributed by atoms with Gasteiger partial charge in [0.15, 0.2) is 5.78 Å². The van der Waals surface area contributed by atoms with Crippen molar-refractivity contribution in [1.82, 2.24) is 0 Å². The van der Waals surface area contributed by atoms with Crippen molar-refractivity contribution < 1.29 is 43.2 Å². The minimum absolute atomic E-state index is 0.00631. The molecule has 3 fully saturated rings. The largest absolute Gasteiger partial charge is 0.516 e. The first-order valence-corrected chi connectivity index (χ1v) is 12.4. The number of carbonyl (C=O) groups excluding carboxylic acids is 4. The molecule has 3 saturated carbocycles. The Hall–Kier alpha value is -2.68. The van der Waals surface area contributed by atoms with Crippen LogP contribution in [0, 0.1) is 28.6 Å². The fourth-order valence-electron chi connectivity index (χ4n) is 7.45. The molecule has 0 amide bonds. The van der Waals surface area contributed by atoms with E-state index in [1.54, 1.807) is 26.0 Å². The van der Waals surface area contributed by atoms with E-state index in [1.165, 1.54) is 0 Å². The van der Waals surface area contributed by atoms with E-state index >= 15 is 0 Å². The molecule has 4 aliphatic rings. The van der Waals surface area contributed by atoms with Gasteiger partial charge in [0.1, 0.15) is 0 Å². The predicted octanol–water partition coefficient (Wildman–Crippen LogP) is 3.88. The quantitative estimate of drug-likeness (QED) is 0.461. The van der Waals surface area contributed by atoms with Gasteiger partial charge in [-0.2, -0.15) is 0 Å². The van der Waals surface area contributed by atoms with Crippen LogP contribution in [0.1, 0.15) is 59.8 Å². The molecular formula is C26H34O9. The van der Waals surface area contributed by atoms with Gasteiger partial charge in [-0.3, -0.25) is 4.79 Å². The fraction of sp³-hybridized carbons (Fsp3) is 0.692. The summed E-state index contributed by atoms with van der Waals surface area (Å²) < 4.78 is 20.5. The molecule has 0 aliphatic heterocycles. The van der Waals surface area contributed by atoms with Crippen molar-refractivity contribution in [3.63, 3.8) is 0 Å². The van der Waals surface area contributed by atoms with Gasteiger partial charge in [0, 0.05) is 16.7 Å². The van der Waals surface area contributed by atoms with Crippen LogP contribution in [0.2, 0.25) is 0 Å². The summed E-state index contributed by atoms with van der Waals surface area (Å²) in [5, 5.41) is 11.5. The normalized spacial score (nSPS) is 39.5. The molecular weight excluding hydrogens is 456 g/mol. The highest BCUT2D eigenvalue weighted by molar-refractivity contribution is 6.01. The lowest BCUT2D eigenvalue weighted by Gasteiger charge is -2.59. The Morgan fingerprint density at radius 3 is 2.46 bits per heavy atom. The van der Waals surface area contributed by atoms with E-state index in [0.717, 1.165) is 12.0 Å². The molecule has 0 heterocycles. The van der Waals surface area contributed by atoms with E-state index < -0.39 is 40.8 Å². The molecule has 4 aliphatic carbocycles. The van der Waals surface area contributed by atoms with Crippen molar-refractivity contribution in [2.75, 3.05) is 13.2 Å². The van der Waals surface area contributed by atoms with Gasteiger partial charge in [-0.05, 0) is 69.9 Å². The van der Waals surface area contributed by atoms with Crippen LogP contribution in [0.5, 0.6) is 0 Å². The van der Waals surface area contributed by atoms with Gasteiger partial charge in [-0.1, -0.05) is 25.5 Å². The molecule has 0 aromatic carbocycles. The number of fused-ring (bicyclic) bond motifs is 5. The topological polar surface area (TPSA) is 125 Å². The van der Waals surface area contributed by atoms with Crippen LogP contribution in [0.4, 0.5) is 9.59 Å². The molecule has 9 heteroatoms. The monoisotopic (exact) mass is 490 g/mol. The van der Waals surface area contributed by atoms with Crippen LogP contribution >= 0.6 is 0 Å². The van der Waals surface area contributed by atoms with Gasteiger partial charge in [-0.25, -0.2) is 14.4 Å². The number of aliphatic hydroxyl groups excluding tert-OH is 1. The highest BCUT2D eigenvalue weighted by Crippen LogP contribution is 2.68. The number of aliphatic hydroxyl groups is 1. The average Bonchev–Trinajstić information content (AvgIpc) is 3.06. The SMILES string of the molecule is CCOC(=O)OC(=O)[C@@]1(OC(=O)OCC)CC[C@H]2[C@@H]3CCC4=CC(=O)C=C[C@]4(C)[C@H]3[C@@H](O)C[C@@]21C. The van der Waals surface area contributed by atoms with Crippen molar-refractivity contribution in [3.05, 3.63) is 23.8 Å². The molecule has 0 aromatic heterocycles. The van der Waals surface area contributed by atoms with E-state index in [1.807, 2.05) is 13.0 Å². The van der Waals surface area contributed by atoms with Crippen LogP contribution in [0.25, 0.3) is 0 Å². The highest BCUT2D eigenvalue weighted by Gasteiger charge is 2.72. The first-order valence-electron chi connectivity index (χ1n) is 12.4. The minimum atomic E-state index is -1.81. The number of rotatable bonds is 4. The van der Waals surface area contributed by atoms with Crippen molar-refractivity contribution in [2.45, 2.75) is 71.5 Å². The maximum absolute atomic E-state index is 13.5. The van der Waals surface area contributed by atoms with Gasteiger partial charge in [0.05, 0.1) is 19.3 Å². The van der Waals surface area contributed by atoms with Crippen LogP contribution < -0.4 is 0 Å². The number of allylic oxidation sites excluding steroid dienone is 4. The lowest BCUT2D eigenvalue weighted by molar-refractivity contribution is -0.197. The van der Waals surface area contributed by atoms with Gasteiger partial charge in [-0.15, -0.1) is 0 Å². The number of carbonyl (C=O) groups is 4. The summed E-state index contributed by atoms with van der Waals surface area (Å²) in [6.45, 7) is 7.15. The number of ketones is 1. The van der Waals surface area contributed by atoms with Gasteiger partial charge in [0.2, 0.25) is 5.60 Å². The zero-order chi connectivity index (χ0) is 25.6. The Balaban J connectivity index is 1.72. The van der Waals surface area contributed by atoms with Crippen molar-refractivity contribution in [3.8, 4) is 0 Å². The third-order valence-corrected chi connectivity index (χ3v) is 8.90. The standard InChI is InChI=1S/C26H34O9/c1-5-32-22(30)34-21(29)26(35-23(31)33-6-2)12-10-18-17-8-7-15-13-16(27)9-11-24(15,3)20(17)19(28)14-25(18,26)4/h9,11,13,17-20,28H,5-8,10,12,14H2,1-4H3/t17-,18-,19-,20+,24-,25-,26-/m0/s1. The first kappa shape index (κ1) is 25.4. The van der Waals surface area contributed by atoms with Crippen LogP contribution in [-0.4, -0.2) is 54.1 Å². The predicted molar refractivity (Wildman–Crippen MR) is 122 cm³/mol. The van der Waals surface area contributed by atoms with Crippen molar-refractivity contribution >= 4 is 24.1 Å². The molecule has 0 aromatic rings. The van der Waals surface area contributed by atoms with E-state index in [9.17, 15) is 24.3 Å². The molecule has 192 valence electrons. The van der Waals surface area contributed by atoms with Crippen molar-refractivity contribution in [1.29, 1.82) is 0 Å². The Morgan fingerprint density at radius 1 is 1.09 bits per heavy atom. The number of hydrogen-bond acceptors (Lipinski definition) is 9.